The van der Waals surface area contributed by atoms with Crippen molar-refractivity contribution in [2.45, 2.75) is 0 Å². The lowest BCUT2D eigenvalue weighted by atomic mass is 10.1. The molecule has 150 valence electrons. The lowest BCUT2D eigenvalue weighted by Gasteiger charge is -2.33. The molecule has 3 aromatic heterocycles. The van der Waals surface area contributed by atoms with Crippen LogP contribution in [0.1, 0.15) is 0 Å². The summed E-state index contributed by atoms with van der Waals surface area (Å²) in [5.41, 5.74) is 11.0. The standard InChI is InChI=1S/C23H23N7/c1-29-11-13-30(14-12-29)20-15-17(9-10-25-20)18-7-8-19-22(26-18)21(28-23(24)27-19)16-5-3-2-4-6-16/h2-10,15H,11-14H2,1H3,(H2,24,27,28). The number of nitrogens with two attached hydrogens (primary N) is 1. The van der Waals surface area contributed by atoms with Gasteiger partial charge < -0.3 is 15.5 Å². The van der Waals surface area contributed by atoms with Gasteiger partial charge in [-0.25, -0.2) is 19.9 Å². The van der Waals surface area contributed by atoms with E-state index < -0.39 is 0 Å². The molecule has 30 heavy (non-hydrogen) atoms. The summed E-state index contributed by atoms with van der Waals surface area (Å²) in [5.74, 6) is 1.23. The fourth-order valence-electron chi connectivity index (χ4n) is 3.78. The molecule has 0 amide bonds. The third-order valence-electron chi connectivity index (χ3n) is 5.48. The first-order valence-corrected chi connectivity index (χ1v) is 10.1. The van der Waals surface area contributed by atoms with Crippen molar-refractivity contribution in [2.24, 2.45) is 0 Å². The predicted octanol–water partition coefficient (Wildman–Crippen LogP) is 3.09. The first-order chi connectivity index (χ1) is 14.7. The van der Waals surface area contributed by atoms with Crippen LogP contribution in [-0.4, -0.2) is 58.1 Å². The van der Waals surface area contributed by atoms with E-state index in [1.165, 1.54) is 0 Å². The maximum atomic E-state index is 5.96. The number of likely N-dealkylation sites (N-methyl/N-ethyl adjacent to an activating group) is 1. The fraction of sp³-hybridized carbons (Fsp3) is 0.217. The van der Waals surface area contributed by atoms with Crippen LogP contribution in [0, 0.1) is 0 Å². The molecule has 1 fully saturated rings. The van der Waals surface area contributed by atoms with Gasteiger partial charge in [-0.05, 0) is 31.3 Å². The Balaban J connectivity index is 1.57. The van der Waals surface area contributed by atoms with Crippen molar-refractivity contribution in [3.8, 4) is 22.5 Å². The van der Waals surface area contributed by atoms with E-state index in [4.69, 9.17) is 10.7 Å². The number of hydrogen-bond acceptors (Lipinski definition) is 7. The van der Waals surface area contributed by atoms with Crippen molar-refractivity contribution in [1.82, 2.24) is 24.8 Å². The van der Waals surface area contributed by atoms with Crippen LogP contribution in [0.2, 0.25) is 0 Å². The molecule has 0 atom stereocenters. The van der Waals surface area contributed by atoms with Gasteiger partial charge in [-0.2, -0.15) is 0 Å². The Morgan fingerprint density at radius 2 is 1.63 bits per heavy atom. The van der Waals surface area contributed by atoms with Gasteiger partial charge in [0.25, 0.3) is 0 Å². The number of piperazine rings is 1. The summed E-state index contributed by atoms with van der Waals surface area (Å²) in [4.78, 5) is 23.0. The Hall–Kier alpha value is -3.58. The third kappa shape index (κ3) is 3.55. The maximum absolute atomic E-state index is 5.96. The van der Waals surface area contributed by atoms with Crippen molar-refractivity contribution in [1.29, 1.82) is 0 Å². The second kappa shape index (κ2) is 7.68. The van der Waals surface area contributed by atoms with Crippen molar-refractivity contribution in [3.63, 3.8) is 0 Å². The quantitative estimate of drug-likeness (QED) is 0.569. The Morgan fingerprint density at radius 1 is 0.833 bits per heavy atom. The summed E-state index contributed by atoms with van der Waals surface area (Å²) in [6.45, 7) is 4.03. The summed E-state index contributed by atoms with van der Waals surface area (Å²) in [5, 5.41) is 0. The van der Waals surface area contributed by atoms with Crippen molar-refractivity contribution >= 4 is 22.8 Å². The van der Waals surface area contributed by atoms with Gasteiger partial charge in [0.2, 0.25) is 5.95 Å². The molecule has 1 aliphatic rings. The Bertz CT molecular complexity index is 1180. The monoisotopic (exact) mass is 397 g/mol. The topological polar surface area (TPSA) is 84.1 Å². The zero-order valence-corrected chi connectivity index (χ0v) is 16.9. The number of anilines is 2. The van der Waals surface area contributed by atoms with Crippen LogP contribution in [0.25, 0.3) is 33.5 Å². The number of hydrogen-bond donors (Lipinski definition) is 1. The number of aromatic nitrogens is 4. The minimum absolute atomic E-state index is 0.247. The molecule has 0 unspecified atom stereocenters. The fourth-order valence-corrected chi connectivity index (χ4v) is 3.78. The van der Waals surface area contributed by atoms with E-state index in [9.17, 15) is 0 Å². The van der Waals surface area contributed by atoms with Gasteiger partial charge in [-0.15, -0.1) is 0 Å². The normalized spacial score (nSPS) is 14.9. The van der Waals surface area contributed by atoms with Gasteiger partial charge in [0.05, 0.1) is 11.2 Å². The molecule has 5 rings (SSSR count). The summed E-state index contributed by atoms with van der Waals surface area (Å²) in [6, 6.07) is 18.0. The molecule has 4 aromatic rings. The van der Waals surface area contributed by atoms with Gasteiger partial charge in [0.15, 0.2) is 0 Å². The molecule has 7 nitrogen and oxygen atoms in total. The Kier molecular flexibility index (Phi) is 4.72. The molecule has 7 heteroatoms. The van der Waals surface area contributed by atoms with E-state index >= 15 is 0 Å². The van der Waals surface area contributed by atoms with Crippen LogP contribution in [0.5, 0.6) is 0 Å². The number of pyridine rings is 2. The highest BCUT2D eigenvalue weighted by atomic mass is 15.3. The van der Waals surface area contributed by atoms with Crippen molar-refractivity contribution in [3.05, 3.63) is 60.8 Å². The Labute approximate surface area is 175 Å². The van der Waals surface area contributed by atoms with Crippen molar-refractivity contribution < 1.29 is 0 Å². The molecule has 4 heterocycles. The first-order valence-electron chi connectivity index (χ1n) is 10.1. The molecule has 0 saturated carbocycles. The molecule has 0 spiro atoms. The van der Waals surface area contributed by atoms with Gasteiger partial charge >= 0.3 is 0 Å². The maximum Gasteiger partial charge on any atom is 0.221 e. The van der Waals surface area contributed by atoms with Crippen LogP contribution in [0.4, 0.5) is 11.8 Å². The highest BCUT2D eigenvalue weighted by Gasteiger charge is 2.16. The molecule has 0 aliphatic carbocycles. The molecule has 1 aliphatic heterocycles. The molecular formula is C23H23N7. The second-order valence-corrected chi connectivity index (χ2v) is 7.55. The van der Waals surface area contributed by atoms with Gasteiger partial charge in [0, 0.05) is 43.5 Å². The number of benzene rings is 1. The average Bonchev–Trinajstić information content (AvgIpc) is 2.79. The summed E-state index contributed by atoms with van der Waals surface area (Å²) >= 11 is 0. The third-order valence-corrected chi connectivity index (χ3v) is 5.48. The molecule has 2 N–H and O–H groups in total. The van der Waals surface area contributed by atoms with E-state index in [1.54, 1.807) is 0 Å². The summed E-state index contributed by atoms with van der Waals surface area (Å²) < 4.78 is 0. The minimum atomic E-state index is 0.247. The SMILES string of the molecule is CN1CCN(c2cc(-c3ccc4nc(N)nc(-c5ccccc5)c4n3)ccn2)CC1. The zero-order valence-electron chi connectivity index (χ0n) is 16.9. The smallest absolute Gasteiger partial charge is 0.221 e. The van der Waals surface area contributed by atoms with Gasteiger partial charge in [-0.1, -0.05) is 30.3 Å². The zero-order chi connectivity index (χ0) is 20.5. The van der Waals surface area contributed by atoms with E-state index in [0.717, 1.165) is 65.5 Å². The molecule has 1 aromatic carbocycles. The number of fused-ring (bicyclic) bond motifs is 1. The largest absolute Gasteiger partial charge is 0.368 e. The summed E-state index contributed by atoms with van der Waals surface area (Å²) in [6.07, 6.45) is 1.85. The molecule has 0 radical (unpaired) electrons. The Morgan fingerprint density at radius 3 is 2.43 bits per heavy atom. The van der Waals surface area contributed by atoms with Crippen LogP contribution < -0.4 is 10.6 Å². The van der Waals surface area contributed by atoms with Crippen LogP contribution >= 0.6 is 0 Å². The molecular weight excluding hydrogens is 374 g/mol. The minimum Gasteiger partial charge on any atom is -0.368 e. The van der Waals surface area contributed by atoms with E-state index in [2.05, 4.69) is 37.9 Å². The lowest BCUT2D eigenvalue weighted by molar-refractivity contribution is 0.312. The van der Waals surface area contributed by atoms with Crippen molar-refractivity contribution in [2.75, 3.05) is 43.9 Å². The van der Waals surface area contributed by atoms with E-state index in [0.29, 0.717) is 0 Å². The number of rotatable bonds is 3. The van der Waals surface area contributed by atoms with Crippen LogP contribution in [-0.2, 0) is 0 Å². The number of nitrogen functional groups attached to an aromatic ring is 1. The van der Waals surface area contributed by atoms with Crippen LogP contribution in [0.3, 0.4) is 0 Å². The highest BCUT2D eigenvalue weighted by Crippen LogP contribution is 2.29. The molecule has 0 bridgehead atoms. The van der Waals surface area contributed by atoms with Gasteiger partial charge in [-0.3, -0.25) is 0 Å². The van der Waals surface area contributed by atoms with Gasteiger partial charge in [0.1, 0.15) is 17.0 Å². The van der Waals surface area contributed by atoms with Crippen LogP contribution in [0.15, 0.2) is 60.8 Å². The second-order valence-electron chi connectivity index (χ2n) is 7.55. The average molecular weight is 397 g/mol. The van der Waals surface area contributed by atoms with E-state index in [1.807, 2.05) is 54.7 Å². The summed E-state index contributed by atoms with van der Waals surface area (Å²) in [7, 11) is 2.15. The highest BCUT2D eigenvalue weighted by molar-refractivity contribution is 5.91. The van der Waals surface area contributed by atoms with E-state index in [-0.39, 0.29) is 5.95 Å². The molecule has 1 saturated heterocycles. The number of nitrogens with zero attached hydrogens (tertiary/aromatic N) is 6. The predicted molar refractivity (Wildman–Crippen MR) is 120 cm³/mol. The lowest BCUT2D eigenvalue weighted by Crippen LogP contribution is -2.44. The first kappa shape index (κ1) is 18.4.